The minimum atomic E-state index is 0. The van der Waals surface area contributed by atoms with Gasteiger partial charge < -0.3 is 4.98 Å². The predicted octanol–water partition coefficient (Wildman–Crippen LogP) is 2.27. The minimum Gasteiger partial charge on any atom is -0.422 e. The molecule has 0 bridgehead atoms. The number of para-hydroxylation sites is 1. The number of aromatic nitrogens is 1. The van der Waals surface area contributed by atoms with Crippen molar-refractivity contribution in [2.45, 2.75) is 6.92 Å². The molecule has 56 valence electrons. The Balaban J connectivity index is 0.000000605. The van der Waals surface area contributed by atoms with E-state index < -0.39 is 0 Å². The molecule has 0 fully saturated rings. The smallest absolute Gasteiger partial charge is 0 e. The average Bonchev–Trinajstić information content (AvgIpc) is 2.27. The second-order valence-electron chi connectivity index (χ2n) is 2.42. The molecule has 0 unspecified atom stereocenters. The van der Waals surface area contributed by atoms with Gasteiger partial charge in [-0.2, -0.15) is 17.5 Å². The molecule has 0 saturated carbocycles. The first-order chi connectivity index (χ1) is 4.86. The van der Waals surface area contributed by atoms with E-state index in [2.05, 4.69) is 23.2 Å². The second-order valence-corrected chi connectivity index (χ2v) is 2.42. The fourth-order valence-electron chi connectivity index (χ4n) is 1.14. The van der Waals surface area contributed by atoms with Crippen LogP contribution in [0.15, 0.2) is 24.3 Å². The number of H-pyrrole nitrogens is 1. The van der Waals surface area contributed by atoms with Crippen LogP contribution in [0, 0.1) is 13.0 Å². The van der Waals surface area contributed by atoms with Crippen LogP contribution >= 0.6 is 0 Å². The molecule has 2 rings (SSSR count). The molecule has 0 aliphatic heterocycles. The summed E-state index contributed by atoms with van der Waals surface area (Å²) < 4.78 is 0. The van der Waals surface area contributed by atoms with Crippen LogP contribution in [0.25, 0.3) is 10.9 Å². The Kier molecular flexibility index (Phi) is 2.51. The maximum absolute atomic E-state index is 3.20. The summed E-state index contributed by atoms with van der Waals surface area (Å²) in [5.41, 5.74) is 2.27. The molecule has 1 aromatic heterocycles. The third-order valence-corrected chi connectivity index (χ3v) is 1.57. The predicted molar refractivity (Wildman–Crippen MR) is 41.9 cm³/mol. The van der Waals surface area contributed by atoms with Crippen molar-refractivity contribution >= 4 is 10.9 Å². The number of fused-ring (bicyclic) bond motifs is 1. The number of aryl methyl sites for hydroxylation is 1. The van der Waals surface area contributed by atoms with Crippen LogP contribution in [0.3, 0.4) is 0 Å². The summed E-state index contributed by atoms with van der Waals surface area (Å²) in [6, 6.07) is 11.4. The van der Waals surface area contributed by atoms with E-state index in [9.17, 15) is 0 Å². The zero-order chi connectivity index (χ0) is 6.97. The van der Waals surface area contributed by atoms with E-state index in [1.54, 1.807) is 0 Å². The van der Waals surface area contributed by atoms with Gasteiger partial charge in [0.25, 0.3) is 0 Å². The third kappa shape index (κ3) is 1.54. The van der Waals surface area contributed by atoms with Crippen LogP contribution in [0.1, 0.15) is 5.69 Å². The summed E-state index contributed by atoms with van der Waals surface area (Å²) in [7, 11) is 0. The largest absolute Gasteiger partial charge is 0.422 e. The van der Waals surface area contributed by atoms with E-state index in [4.69, 9.17) is 0 Å². The molecule has 0 saturated heterocycles. The van der Waals surface area contributed by atoms with Gasteiger partial charge in [0, 0.05) is 21.1 Å². The van der Waals surface area contributed by atoms with E-state index in [1.165, 1.54) is 10.9 Å². The number of aromatic amines is 1. The molecule has 0 spiro atoms. The van der Waals surface area contributed by atoms with Crippen molar-refractivity contribution in [3.8, 4) is 0 Å². The fourth-order valence-corrected chi connectivity index (χ4v) is 1.14. The molecule has 11 heavy (non-hydrogen) atoms. The number of hydrogen-bond acceptors (Lipinski definition) is 0. The molecule has 0 amide bonds. The van der Waals surface area contributed by atoms with Gasteiger partial charge >= 0.3 is 0 Å². The quantitative estimate of drug-likeness (QED) is 0.718. The number of rotatable bonds is 0. The Hall–Kier alpha value is -0.552. The summed E-state index contributed by atoms with van der Waals surface area (Å²) in [5.74, 6) is 0. The molecular weight excluding hydrogens is 306 g/mol. The van der Waals surface area contributed by atoms with Gasteiger partial charge in [-0.25, -0.2) is 0 Å². The van der Waals surface area contributed by atoms with Crippen molar-refractivity contribution in [2.24, 2.45) is 0 Å². The van der Waals surface area contributed by atoms with Gasteiger partial charge in [-0.05, 0) is 6.92 Å². The van der Waals surface area contributed by atoms with E-state index in [0.717, 1.165) is 5.69 Å². The normalized spacial score (nSPS) is 9.55. The molecule has 1 nitrogen and oxygen atoms in total. The van der Waals surface area contributed by atoms with Gasteiger partial charge in [0.1, 0.15) is 0 Å². The zero-order valence-electron chi connectivity index (χ0n) is 6.22. The van der Waals surface area contributed by atoms with E-state index >= 15 is 0 Å². The van der Waals surface area contributed by atoms with Crippen molar-refractivity contribution in [1.29, 1.82) is 0 Å². The summed E-state index contributed by atoms with van der Waals surface area (Å²) in [6.45, 7) is 2.01. The van der Waals surface area contributed by atoms with Crippen molar-refractivity contribution in [1.82, 2.24) is 4.98 Å². The van der Waals surface area contributed by atoms with Crippen molar-refractivity contribution in [3.05, 3.63) is 36.0 Å². The maximum atomic E-state index is 3.20. The molecular formula is C9H8NW-. The van der Waals surface area contributed by atoms with Crippen LogP contribution < -0.4 is 0 Å². The van der Waals surface area contributed by atoms with Crippen LogP contribution in [-0.2, 0) is 21.1 Å². The Morgan fingerprint density at radius 3 is 2.73 bits per heavy atom. The van der Waals surface area contributed by atoms with Gasteiger partial charge in [0.05, 0.1) is 0 Å². The van der Waals surface area contributed by atoms with Crippen molar-refractivity contribution in [2.75, 3.05) is 0 Å². The van der Waals surface area contributed by atoms with Crippen molar-refractivity contribution < 1.29 is 21.1 Å². The molecule has 1 aromatic carbocycles. The van der Waals surface area contributed by atoms with Gasteiger partial charge in [-0.15, -0.1) is 6.07 Å². The third-order valence-electron chi connectivity index (χ3n) is 1.57. The summed E-state index contributed by atoms with van der Waals surface area (Å²) in [5, 5.41) is 1.17. The molecule has 2 heteroatoms. The molecule has 1 heterocycles. The molecule has 2 aromatic rings. The van der Waals surface area contributed by atoms with Crippen LogP contribution in [0.2, 0.25) is 0 Å². The monoisotopic (exact) mass is 314 g/mol. The first kappa shape index (κ1) is 8.54. The summed E-state index contributed by atoms with van der Waals surface area (Å²) in [6.07, 6.45) is 0. The summed E-state index contributed by atoms with van der Waals surface area (Å²) in [4.78, 5) is 3.20. The van der Waals surface area contributed by atoms with Gasteiger partial charge in [-0.1, -0.05) is 23.3 Å². The molecule has 0 radical (unpaired) electrons. The number of hydrogen-bond donors (Lipinski definition) is 1. The minimum absolute atomic E-state index is 0. The Labute approximate surface area is 80.1 Å². The molecule has 0 atom stereocenters. The standard InChI is InChI=1S/C9H8N.W/c1-7-6-8-4-2-3-5-9(8)10-7;/h2-5,10H,1H3;/q-1;. The summed E-state index contributed by atoms with van der Waals surface area (Å²) >= 11 is 0. The van der Waals surface area contributed by atoms with Crippen LogP contribution in [0.5, 0.6) is 0 Å². The first-order valence-corrected chi connectivity index (χ1v) is 3.33. The Morgan fingerprint density at radius 1 is 1.27 bits per heavy atom. The Bertz CT molecular complexity index is 318. The second kappa shape index (κ2) is 3.23. The van der Waals surface area contributed by atoms with Gasteiger partial charge in [0.2, 0.25) is 0 Å². The maximum Gasteiger partial charge on any atom is 0 e. The topological polar surface area (TPSA) is 15.8 Å². The van der Waals surface area contributed by atoms with Crippen LogP contribution in [0.4, 0.5) is 0 Å². The van der Waals surface area contributed by atoms with E-state index in [-0.39, 0.29) is 21.1 Å². The SMILES string of the molecule is Cc1[c-]c2ccccc2[nH]1.[W]. The van der Waals surface area contributed by atoms with E-state index in [0.29, 0.717) is 0 Å². The van der Waals surface area contributed by atoms with E-state index in [1.807, 2.05) is 19.1 Å². The molecule has 1 N–H and O–H groups in total. The molecule has 0 aliphatic rings. The van der Waals surface area contributed by atoms with Gasteiger partial charge in [-0.3, -0.25) is 0 Å². The number of nitrogens with one attached hydrogen (secondary N) is 1. The van der Waals surface area contributed by atoms with Crippen molar-refractivity contribution in [3.63, 3.8) is 0 Å². The van der Waals surface area contributed by atoms with Crippen LogP contribution in [-0.4, -0.2) is 4.98 Å². The average molecular weight is 314 g/mol. The number of benzene rings is 1. The Morgan fingerprint density at radius 2 is 2.00 bits per heavy atom. The fraction of sp³-hybridized carbons (Fsp3) is 0.111. The molecule has 0 aliphatic carbocycles. The van der Waals surface area contributed by atoms with Gasteiger partial charge in [0.15, 0.2) is 0 Å². The zero-order valence-corrected chi connectivity index (χ0v) is 9.15. The first-order valence-electron chi connectivity index (χ1n) is 3.33.